The Bertz CT molecular complexity index is 336. The molecule has 1 aromatic rings. The summed E-state index contributed by atoms with van der Waals surface area (Å²) in [4.78, 5) is 10.0. The fourth-order valence-corrected chi connectivity index (χ4v) is 1.41. The first-order valence-corrected chi connectivity index (χ1v) is 5.72. The average Bonchev–Trinajstić information content (AvgIpc) is 2.34. The van der Waals surface area contributed by atoms with Crippen molar-refractivity contribution in [3.05, 3.63) is 60.2 Å². The van der Waals surface area contributed by atoms with Gasteiger partial charge >= 0.3 is 0 Å². The van der Waals surface area contributed by atoms with Crippen LogP contribution in [0.2, 0.25) is 0 Å². The maximum Gasteiger partial charge on any atom is 0.120 e. The molecule has 0 aliphatic carbocycles. The fourth-order valence-electron chi connectivity index (χ4n) is 1.41. The van der Waals surface area contributed by atoms with Gasteiger partial charge in [0.25, 0.3) is 0 Å². The van der Waals surface area contributed by atoms with Crippen LogP contribution in [0.4, 0.5) is 0 Å². The number of rotatable bonds is 7. The number of hydrogen-bond acceptors (Lipinski definition) is 1. The van der Waals surface area contributed by atoms with Gasteiger partial charge < -0.3 is 4.79 Å². The number of aldehydes is 1. The molecule has 1 heteroatoms. The highest BCUT2D eigenvalue weighted by atomic mass is 16.1. The van der Waals surface area contributed by atoms with Gasteiger partial charge in [0.1, 0.15) is 6.29 Å². The van der Waals surface area contributed by atoms with Gasteiger partial charge in [0, 0.05) is 6.42 Å². The third-order valence-corrected chi connectivity index (χ3v) is 2.28. The molecule has 0 heterocycles. The Kier molecular flexibility index (Phi) is 6.73. The fraction of sp³-hybridized carbons (Fsp3) is 0.267. The first-order valence-electron chi connectivity index (χ1n) is 5.72. The molecule has 84 valence electrons. The van der Waals surface area contributed by atoms with E-state index in [2.05, 4.69) is 30.3 Å². The van der Waals surface area contributed by atoms with E-state index in [9.17, 15) is 4.79 Å². The van der Waals surface area contributed by atoms with Crippen LogP contribution in [0.5, 0.6) is 0 Å². The molecule has 1 aromatic carbocycles. The van der Waals surface area contributed by atoms with Gasteiger partial charge in [-0.2, -0.15) is 0 Å². The van der Waals surface area contributed by atoms with E-state index in [-0.39, 0.29) is 0 Å². The van der Waals surface area contributed by atoms with Crippen molar-refractivity contribution >= 4 is 6.29 Å². The van der Waals surface area contributed by atoms with Crippen LogP contribution in [0.15, 0.2) is 54.6 Å². The van der Waals surface area contributed by atoms with Gasteiger partial charge in [-0.05, 0) is 24.8 Å². The molecule has 0 aliphatic rings. The smallest absolute Gasteiger partial charge is 0.120 e. The molecule has 0 unspecified atom stereocenters. The molecule has 0 N–H and O–H groups in total. The Morgan fingerprint density at radius 2 is 1.56 bits per heavy atom. The molecular weight excluding hydrogens is 196 g/mol. The Labute approximate surface area is 97.5 Å². The molecule has 16 heavy (non-hydrogen) atoms. The number of aryl methyl sites for hydroxylation is 1. The molecule has 1 nitrogen and oxygen atoms in total. The van der Waals surface area contributed by atoms with Crippen molar-refractivity contribution in [1.82, 2.24) is 0 Å². The standard InChI is InChI=1S/C15H18O/c16-14-10-5-3-1-2-4-7-11-15-12-8-6-9-13-15/h1-4,6,8-9,12-14H,5,7,10-11H2/b3-1+,4-2+. The first-order chi connectivity index (χ1) is 7.93. The Hall–Kier alpha value is -1.63. The third kappa shape index (κ3) is 5.97. The number of carbonyl (C=O) groups is 1. The average molecular weight is 214 g/mol. The highest BCUT2D eigenvalue weighted by Crippen LogP contribution is 2.02. The summed E-state index contributed by atoms with van der Waals surface area (Å²) >= 11 is 0. The van der Waals surface area contributed by atoms with E-state index in [1.807, 2.05) is 24.3 Å². The second-order valence-electron chi connectivity index (χ2n) is 3.62. The molecular formula is C15H18O. The van der Waals surface area contributed by atoms with Crippen LogP contribution in [0, 0.1) is 0 Å². The largest absolute Gasteiger partial charge is 0.303 e. The van der Waals surface area contributed by atoms with E-state index in [1.165, 1.54) is 5.56 Å². The van der Waals surface area contributed by atoms with E-state index < -0.39 is 0 Å². The quantitative estimate of drug-likeness (QED) is 0.384. The number of benzene rings is 1. The summed E-state index contributed by atoms with van der Waals surface area (Å²) in [6.45, 7) is 0. The van der Waals surface area contributed by atoms with Gasteiger partial charge in [0.2, 0.25) is 0 Å². The Morgan fingerprint density at radius 3 is 2.25 bits per heavy atom. The number of unbranched alkanes of at least 4 members (excludes halogenated alkanes) is 1. The lowest BCUT2D eigenvalue weighted by Crippen LogP contribution is -1.80. The zero-order chi connectivity index (χ0) is 11.5. The SMILES string of the molecule is O=CCC/C=C/C=C/CCc1ccccc1. The summed E-state index contributed by atoms with van der Waals surface area (Å²) in [5.74, 6) is 0. The van der Waals surface area contributed by atoms with Crippen LogP contribution in [-0.2, 0) is 11.2 Å². The van der Waals surface area contributed by atoms with Crippen molar-refractivity contribution in [1.29, 1.82) is 0 Å². The van der Waals surface area contributed by atoms with Crippen LogP contribution < -0.4 is 0 Å². The van der Waals surface area contributed by atoms with Crippen molar-refractivity contribution in [3.8, 4) is 0 Å². The predicted molar refractivity (Wildman–Crippen MR) is 68.3 cm³/mol. The van der Waals surface area contributed by atoms with Crippen LogP contribution in [-0.4, -0.2) is 6.29 Å². The molecule has 1 rings (SSSR count). The van der Waals surface area contributed by atoms with E-state index >= 15 is 0 Å². The number of hydrogen-bond donors (Lipinski definition) is 0. The molecule has 0 aromatic heterocycles. The van der Waals surface area contributed by atoms with Crippen molar-refractivity contribution in [3.63, 3.8) is 0 Å². The number of allylic oxidation sites excluding steroid dienone is 4. The summed E-state index contributed by atoms with van der Waals surface area (Å²) < 4.78 is 0. The molecule has 0 spiro atoms. The van der Waals surface area contributed by atoms with Crippen LogP contribution in [0.3, 0.4) is 0 Å². The second-order valence-corrected chi connectivity index (χ2v) is 3.62. The van der Waals surface area contributed by atoms with Gasteiger partial charge in [-0.15, -0.1) is 0 Å². The van der Waals surface area contributed by atoms with Gasteiger partial charge in [-0.1, -0.05) is 54.6 Å². The molecule has 0 saturated heterocycles. The molecule has 0 radical (unpaired) electrons. The highest BCUT2D eigenvalue weighted by molar-refractivity contribution is 5.49. The van der Waals surface area contributed by atoms with Crippen molar-refractivity contribution in [2.75, 3.05) is 0 Å². The Balaban J connectivity index is 2.13. The summed E-state index contributed by atoms with van der Waals surface area (Å²) in [7, 11) is 0. The zero-order valence-electron chi connectivity index (χ0n) is 9.51. The van der Waals surface area contributed by atoms with E-state index in [0.29, 0.717) is 6.42 Å². The zero-order valence-corrected chi connectivity index (χ0v) is 9.51. The van der Waals surface area contributed by atoms with Crippen molar-refractivity contribution < 1.29 is 4.79 Å². The summed E-state index contributed by atoms with van der Waals surface area (Å²) in [5.41, 5.74) is 1.37. The molecule has 0 bridgehead atoms. The maximum absolute atomic E-state index is 10.0. The van der Waals surface area contributed by atoms with Gasteiger partial charge in [0.05, 0.1) is 0 Å². The van der Waals surface area contributed by atoms with Crippen molar-refractivity contribution in [2.45, 2.75) is 25.7 Å². The van der Waals surface area contributed by atoms with E-state index in [1.54, 1.807) is 0 Å². The lowest BCUT2D eigenvalue weighted by atomic mass is 10.1. The first kappa shape index (κ1) is 12.4. The molecule has 0 saturated carbocycles. The minimum Gasteiger partial charge on any atom is -0.303 e. The van der Waals surface area contributed by atoms with Crippen LogP contribution in [0.1, 0.15) is 24.8 Å². The topological polar surface area (TPSA) is 17.1 Å². The highest BCUT2D eigenvalue weighted by Gasteiger charge is 1.86. The monoisotopic (exact) mass is 214 g/mol. The second kappa shape index (κ2) is 8.66. The molecule has 0 atom stereocenters. The van der Waals surface area contributed by atoms with E-state index in [0.717, 1.165) is 25.5 Å². The molecule has 0 amide bonds. The normalized spacial score (nSPS) is 11.2. The minimum atomic E-state index is 0.619. The van der Waals surface area contributed by atoms with Crippen LogP contribution in [0.25, 0.3) is 0 Å². The van der Waals surface area contributed by atoms with Gasteiger partial charge in [-0.3, -0.25) is 0 Å². The minimum absolute atomic E-state index is 0.619. The van der Waals surface area contributed by atoms with E-state index in [4.69, 9.17) is 0 Å². The maximum atomic E-state index is 10.0. The summed E-state index contributed by atoms with van der Waals surface area (Å²) in [6, 6.07) is 10.5. The van der Waals surface area contributed by atoms with Crippen LogP contribution >= 0.6 is 0 Å². The number of carbonyl (C=O) groups excluding carboxylic acids is 1. The predicted octanol–water partition coefficient (Wildman–Crippen LogP) is 3.71. The summed E-state index contributed by atoms with van der Waals surface area (Å²) in [5, 5.41) is 0. The molecule has 0 fully saturated rings. The third-order valence-electron chi connectivity index (χ3n) is 2.28. The van der Waals surface area contributed by atoms with Crippen molar-refractivity contribution in [2.24, 2.45) is 0 Å². The lowest BCUT2D eigenvalue weighted by molar-refractivity contribution is -0.107. The van der Waals surface area contributed by atoms with Gasteiger partial charge in [-0.25, -0.2) is 0 Å². The lowest BCUT2D eigenvalue weighted by Gasteiger charge is -1.95. The van der Waals surface area contributed by atoms with Gasteiger partial charge in [0.15, 0.2) is 0 Å². The Morgan fingerprint density at radius 1 is 0.875 bits per heavy atom. The summed E-state index contributed by atoms with van der Waals surface area (Å²) in [6.07, 6.45) is 12.8. The molecule has 0 aliphatic heterocycles.